The molecule has 0 bridgehead atoms. The quantitative estimate of drug-likeness (QED) is 0.789. The van der Waals surface area contributed by atoms with Gasteiger partial charge in [0, 0.05) is 0 Å². The number of nitriles is 1. The van der Waals surface area contributed by atoms with Crippen LogP contribution in [-0.2, 0) is 6.42 Å². The molecule has 0 amide bonds. The van der Waals surface area contributed by atoms with Gasteiger partial charge >= 0.3 is 0 Å². The van der Waals surface area contributed by atoms with Crippen LogP contribution in [0.15, 0.2) is 46.9 Å². The summed E-state index contributed by atoms with van der Waals surface area (Å²) in [6, 6.07) is 15.5. The third-order valence-corrected chi connectivity index (χ3v) is 3.37. The first-order valence-electron chi connectivity index (χ1n) is 6.19. The van der Waals surface area contributed by atoms with Crippen molar-refractivity contribution in [1.29, 1.82) is 5.26 Å². The number of rotatable bonds is 4. The van der Waals surface area contributed by atoms with E-state index in [2.05, 4.69) is 41.1 Å². The average molecular weight is 316 g/mol. The third-order valence-electron chi connectivity index (χ3n) is 2.75. The Morgan fingerprint density at radius 1 is 1.16 bits per heavy atom. The van der Waals surface area contributed by atoms with Crippen molar-refractivity contribution in [3.05, 3.63) is 58.1 Å². The summed E-state index contributed by atoms with van der Waals surface area (Å²) in [6.07, 6.45) is 2.22. The Balaban J connectivity index is 2.15. The first kappa shape index (κ1) is 13.6. The molecule has 0 saturated carbocycles. The molecular formula is C16H14BrNO. The zero-order chi connectivity index (χ0) is 13.7. The number of benzene rings is 2. The van der Waals surface area contributed by atoms with Gasteiger partial charge in [-0.25, -0.2) is 0 Å². The van der Waals surface area contributed by atoms with Gasteiger partial charge in [0.15, 0.2) is 0 Å². The Labute approximate surface area is 121 Å². The van der Waals surface area contributed by atoms with Crippen LogP contribution in [0.3, 0.4) is 0 Å². The topological polar surface area (TPSA) is 33.0 Å². The molecule has 0 fully saturated rings. The number of nitrogens with zero attached hydrogens (tertiary/aromatic N) is 1. The summed E-state index contributed by atoms with van der Waals surface area (Å²) >= 11 is 3.41. The fraction of sp³-hybridized carbons (Fsp3) is 0.188. The Hall–Kier alpha value is -1.79. The van der Waals surface area contributed by atoms with Crippen molar-refractivity contribution in [2.75, 3.05) is 0 Å². The van der Waals surface area contributed by atoms with Crippen molar-refractivity contribution in [3.8, 4) is 17.6 Å². The van der Waals surface area contributed by atoms with Crippen LogP contribution >= 0.6 is 15.9 Å². The number of ether oxygens (including phenoxy) is 1. The molecule has 0 unspecified atom stereocenters. The highest BCUT2D eigenvalue weighted by molar-refractivity contribution is 9.10. The highest BCUT2D eigenvalue weighted by Gasteiger charge is 2.04. The Bertz CT molecular complexity index is 599. The SMILES string of the molecule is CCCc1ccc(Oc2ccc(C#N)cc2Br)cc1. The van der Waals surface area contributed by atoms with E-state index >= 15 is 0 Å². The van der Waals surface area contributed by atoms with E-state index in [1.54, 1.807) is 18.2 Å². The van der Waals surface area contributed by atoms with E-state index in [0.29, 0.717) is 11.3 Å². The Morgan fingerprint density at radius 2 is 1.89 bits per heavy atom. The van der Waals surface area contributed by atoms with E-state index in [9.17, 15) is 0 Å². The van der Waals surface area contributed by atoms with Gasteiger partial charge in [0.2, 0.25) is 0 Å². The molecule has 0 spiro atoms. The molecule has 2 aromatic rings. The highest BCUT2D eigenvalue weighted by Crippen LogP contribution is 2.30. The molecule has 19 heavy (non-hydrogen) atoms. The summed E-state index contributed by atoms with van der Waals surface area (Å²) < 4.78 is 6.57. The molecule has 0 saturated heterocycles. The second-order valence-electron chi connectivity index (χ2n) is 4.25. The molecule has 96 valence electrons. The molecule has 0 N–H and O–H groups in total. The Morgan fingerprint density at radius 3 is 2.47 bits per heavy atom. The van der Waals surface area contributed by atoms with Crippen LogP contribution in [-0.4, -0.2) is 0 Å². The predicted molar refractivity (Wildman–Crippen MR) is 79.4 cm³/mol. The normalized spacial score (nSPS) is 9.95. The molecule has 2 rings (SSSR count). The molecule has 0 aliphatic carbocycles. The molecule has 0 radical (unpaired) electrons. The van der Waals surface area contributed by atoms with Crippen molar-refractivity contribution in [1.82, 2.24) is 0 Å². The number of aryl methyl sites for hydroxylation is 1. The third kappa shape index (κ3) is 3.59. The molecule has 2 nitrogen and oxygen atoms in total. The van der Waals surface area contributed by atoms with Gasteiger partial charge < -0.3 is 4.74 Å². The van der Waals surface area contributed by atoms with Crippen LogP contribution in [0.1, 0.15) is 24.5 Å². The minimum absolute atomic E-state index is 0.609. The second kappa shape index (κ2) is 6.40. The van der Waals surface area contributed by atoms with Crippen molar-refractivity contribution in [3.63, 3.8) is 0 Å². The Kier molecular flexibility index (Phi) is 4.59. The smallest absolute Gasteiger partial charge is 0.141 e. The van der Waals surface area contributed by atoms with Gasteiger partial charge in [0.05, 0.1) is 16.1 Å². The molecule has 0 aliphatic rings. The summed E-state index contributed by atoms with van der Waals surface area (Å²) in [5, 5.41) is 8.81. The van der Waals surface area contributed by atoms with Crippen LogP contribution in [0.4, 0.5) is 0 Å². The lowest BCUT2D eigenvalue weighted by atomic mass is 10.1. The maximum absolute atomic E-state index is 8.81. The molecule has 0 aliphatic heterocycles. The molecule has 2 aromatic carbocycles. The van der Waals surface area contributed by atoms with Crippen LogP contribution < -0.4 is 4.74 Å². The van der Waals surface area contributed by atoms with E-state index in [-0.39, 0.29) is 0 Å². The largest absolute Gasteiger partial charge is 0.456 e. The molecule has 0 aromatic heterocycles. The molecule has 0 atom stereocenters. The van der Waals surface area contributed by atoms with E-state index in [4.69, 9.17) is 10.00 Å². The zero-order valence-corrected chi connectivity index (χ0v) is 12.3. The summed E-state index contributed by atoms with van der Waals surface area (Å²) in [5.41, 5.74) is 1.92. The van der Waals surface area contributed by atoms with Gasteiger partial charge in [-0.2, -0.15) is 5.26 Å². The molecular weight excluding hydrogens is 302 g/mol. The van der Waals surface area contributed by atoms with E-state index in [0.717, 1.165) is 23.1 Å². The minimum atomic E-state index is 0.609. The van der Waals surface area contributed by atoms with E-state index in [1.807, 2.05) is 12.1 Å². The van der Waals surface area contributed by atoms with Crippen molar-refractivity contribution in [2.45, 2.75) is 19.8 Å². The van der Waals surface area contributed by atoms with Gasteiger partial charge in [0.25, 0.3) is 0 Å². The van der Waals surface area contributed by atoms with Gasteiger partial charge in [-0.15, -0.1) is 0 Å². The van der Waals surface area contributed by atoms with Crippen molar-refractivity contribution < 1.29 is 4.74 Å². The van der Waals surface area contributed by atoms with Gasteiger partial charge in [-0.1, -0.05) is 25.5 Å². The summed E-state index contributed by atoms with van der Waals surface area (Å²) in [5.74, 6) is 1.51. The monoisotopic (exact) mass is 315 g/mol. The van der Waals surface area contributed by atoms with Crippen molar-refractivity contribution in [2.24, 2.45) is 0 Å². The highest BCUT2D eigenvalue weighted by atomic mass is 79.9. The van der Waals surface area contributed by atoms with Crippen LogP contribution in [0.5, 0.6) is 11.5 Å². The lowest BCUT2D eigenvalue weighted by Crippen LogP contribution is -1.88. The van der Waals surface area contributed by atoms with Gasteiger partial charge in [-0.3, -0.25) is 0 Å². The summed E-state index contributed by atoms with van der Waals surface area (Å²) in [4.78, 5) is 0. The van der Waals surface area contributed by atoms with Crippen LogP contribution in [0.25, 0.3) is 0 Å². The number of hydrogen-bond donors (Lipinski definition) is 0. The van der Waals surface area contributed by atoms with Gasteiger partial charge in [-0.05, 0) is 58.2 Å². The lowest BCUT2D eigenvalue weighted by molar-refractivity contribution is 0.479. The fourth-order valence-corrected chi connectivity index (χ4v) is 2.25. The molecule has 3 heteroatoms. The van der Waals surface area contributed by atoms with Crippen LogP contribution in [0, 0.1) is 11.3 Å². The van der Waals surface area contributed by atoms with Crippen molar-refractivity contribution >= 4 is 15.9 Å². The van der Waals surface area contributed by atoms with Gasteiger partial charge in [0.1, 0.15) is 11.5 Å². The number of halogens is 1. The first-order valence-corrected chi connectivity index (χ1v) is 6.98. The molecule has 0 heterocycles. The lowest BCUT2D eigenvalue weighted by Gasteiger charge is -2.08. The van der Waals surface area contributed by atoms with E-state index < -0.39 is 0 Å². The average Bonchev–Trinajstić information content (AvgIpc) is 2.43. The standard InChI is InChI=1S/C16H14BrNO/c1-2-3-12-4-7-14(8-5-12)19-16-9-6-13(11-18)10-15(16)17/h4-10H,2-3H2,1H3. The number of hydrogen-bond acceptors (Lipinski definition) is 2. The van der Waals surface area contributed by atoms with Crippen LogP contribution in [0.2, 0.25) is 0 Å². The minimum Gasteiger partial charge on any atom is -0.456 e. The summed E-state index contributed by atoms with van der Waals surface area (Å²) in [6.45, 7) is 2.16. The second-order valence-corrected chi connectivity index (χ2v) is 5.11. The predicted octanol–water partition coefficient (Wildman–Crippen LogP) is 5.07. The fourth-order valence-electron chi connectivity index (χ4n) is 1.79. The summed E-state index contributed by atoms with van der Waals surface area (Å²) in [7, 11) is 0. The van der Waals surface area contributed by atoms with E-state index in [1.165, 1.54) is 5.56 Å². The first-order chi connectivity index (χ1) is 9.22. The maximum atomic E-state index is 8.81. The zero-order valence-electron chi connectivity index (χ0n) is 10.7. The maximum Gasteiger partial charge on any atom is 0.141 e.